The minimum atomic E-state index is 0.213. The van der Waals surface area contributed by atoms with Crippen LogP contribution in [-0.4, -0.2) is 28.4 Å². The number of hydrogen-bond donors (Lipinski definition) is 0. The van der Waals surface area contributed by atoms with E-state index in [4.69, 9.17) is 18.9 Å². The molecular formula is C24H30O4S. The zero-order valence-electron chi connectivity index (χ0n) is 17.6. The second kappa shape index (κ2) is 11.5. The molecule has 0 spiro atoms. The first-order chi connectivity index (χ1) is 14.1. The molecule has 2 aromatic rings. The summed E-state index contributed by atoms with van der Waals surface area (Å²) >= 11 is 1.88. The van der Waals surface area contributed by atoms with Crippen LogP contribution in [0.25, 0.3) is 0 Å². The molecule has 0 N–H and O–H groups in total. The second-order valence-corrected chi connectivity index (χ2v) is 7.80. The summed E-state index contributed by atoms with van der Waals surface area (Å²) in [5.74, 6) is 2.90. The van der Waals surface area contributed by atoms with Crippen LogP contribution in [0.2, 0.25) is 0 Å². The Balaban J connectivity index is 2.37. The maximum Gasteiger partial charge on any atom is 0.161 e. The maximum absolute atomic E-state index is 5.49. The standard InChI is InChI=1S/C24H30O4S/c1-7-9-23(17-11-13-19(25-3)21(15-17)27-5)29-24(10-8-2)18-12-14-20(26-4)22(16-18)28-6/h7-8,11-16,23-24H,1-2,9-10H2,3-6H3. The summed E-state index contributed by atoms with van der Waals surface area (Å²) in [6, 6.07) is 12.1. The Bertz CT molecular complexity index is 751. The molecule has 2 rings (SSSR count). The quantitative estimate of drug-likeness (QED) is 0.376. The van der Waals surface area contributed by atoms with E-state index in [1.165, 1.54) is 11.1 Å². The van der Waals surface area contributed by atoms with Crippen molar-refractivity contribution in [1.29, 1.82) is 0 Å². The van der Waals surface area contributed by atoms with Crippen molar-refractivity contribution in [1.82, 2.24) is 0 Å². The molecule has 156 valence electrons. The monoisotopic (exact) mass is 414 g/mol. The van der Waals surface area contributed by atoms with Crippen LogP contribution in [0.5, 0.6) is 23.0 Å². The van der Waals surface area contributed by atoms with E-state index in [0.29, 0.717) is 0 Å². The van der Waals surface area contributed by atoms with Crippen molar-refractivity contribution in [2.45, 2.75) is 23.3 Å². The SMILES string of the molecule is C=CCC(SC(CC=C)c1ccc(OC)c(OC)c1)c1ccc(OC)c(OC)c1. The highest BCUT2D eigenvalue weighted by Crippen LogP contribution is 2.47. The Morgan fingerprint density at radius 2 is 1.07 bits per heavy atom. The normalized spacial score (nSPS) is 12.6. The van der Waals surface area contributed by atoms with Crippen LogP contribution in [0.15, 0.2) is 61.7 Å². The van der Waals surface area contributed by atoms with E-state index in [-0.39, 0.29) is 10.5 Å². The lowest BCUT2D eigenvalue weighted by Crippen LogP contribution is -2.02. The lowest BCUT2D eigenvalue weighted by molar-refractivity contribution is 0.354. The molecule has 0 heterocycles. The van der Waals surface area contributed by atoms with Gasteiger partial charge in [0.05, 0.1) is 28.4 Å². The van der Waals surface area contributed by atoms with E-state index >= 15 is 0 Å². The molecule has 29 heavy (non-hydrogen) atoms. The van der Waals surface area contributed by atoms with Gasteiger partial charge in [-0.3, -0.25) is 0 Å². The molecular weight excluding hydrogens is 384 g/mol. The van der Waals surface area contributed by atoms with Crippen LogP contribution in [0.4, 0.5) is 0 Å². The summed E-state index contributed by atoms with van der Waals surface area (Å²) in [7, 11) is 6.60. The van der Waals surface area contributed by atoms with Gasteiger partial charge in [-0.1, -0.05) is 24.3 Å². The number of benzene rings is 2. The smallest absolute Gasteiger partial charge is 0.161 e. The molecule has 5 heteroatoms. The first-order valence-corrected chi connectivity index (χ1v) is 10.4. The Morgan fingerprint density at radius 3 is 1.38 bits per heavy atom. The minimum absolute atomic E-state index is 0.213. The van der Waals surface area contributed by atoms with E-state index < -0.39 is 0 Å². The fourth-order valence-electron chi connectivity index (χ4n) is 3.15. The lowest BCUT2D eigenvalue weighted by Gasteiger charge is -2.24. The third kappa shape index (κ3) is 5.73. The molecule has 0 aliphatic rings. The van der Waals surface area contributed by atoms with Crippen molar-refractivity contribution >= 4 is 11.8 Å². The van der Waals surface area contributed by atoms with Gasteiger partial charge >= 0.3 is 0 Å². The topological polar surface area (TPSA) is 36.9 Å². The summed E-state index contributed by atoms with van der Waals surface area (Å²) in [5, 5.41) is 0.427. The van der Waals surface area contributed by atoms with Crippen LogP contribution < -0.4 is 18.9 Å². The summed E-state index contributed by atoms with van der Waals surface area (Å²) in [5.41, 5.74) is 2.34. The molecule has 0 radical (unpaired) electrons. The van der Waals surface area contributed by atoms with Crippen molar-refractivity contribution in [3.63, 3.8) is 0 Å². The zero-order chi connectivity index (χ0) is 21.2. The van der Waals surface area contributed by atoms with Gasteiger partial charge in [-0.25, -0.2) is 0 Å². The maximum atomic E-state index is 5.49. The van der Waals surface area contributed by atoms with Crippen molar-refractivity contribution < 1.29 is 18.9 Å². The molecule has 0 fully saturated rings. The number of methoxy groups -OCH3 is 4. The molecule has 0 bridgehead atoms. The lowest BCUT2D eigenvalue weighted by atomic mass is 10.1. The van der Waals surface area contributed by atoms with E-state index in [9.17, 15) is 0 Å². The first kappa shape index (κ1) is 22.8. The highest BCUT2D eigenvalue weighted by Gasteiger charge is 2.21. The average Bonchev–Trinajstić information content (AvgIpc) is 2.77. The highest BCUT2D eigenvalue weighted by molar-refractivity contribution is 7.99. The van der Waals surface area contributed by atoms with Crippen molar-refractivity contribution in [2.24, 2.45) is 0 Å². The van der Waals surface area contributed by atoms with Gasteiger partial charge in [0, 0.05) is 10.5 Å². The van der Waals surface area contributed by atoms with Crippen molar-refractivity contribution in [2.75, 3.05) is 28.4 Å². The van der Waals surface area contributed by atoms with Gasteiger partial charge in [0.25, 0.3) is 0 Å². The fraction of sp³-hybridized carbons (Fsp3) is 0.333. The average molecular weight is 415 g/mol. The third-order valence-corrected chi connectivity index (χ3v) is 6.24. The zero-order valence-corrected chi connectivity index (χ0v) is 18.5. The Kier molecular flexibility index (Phi) is 9.00. The first-order valence-electron chi connectivity index (χ1n) is 9.42. The van der Waals surface area contributed by atoms with Gasteiger partial charge in [0.2, 0.25) is 0 Å². The molecule has 0 saturated heterocycles. The van der Waals surface area contributed by atoms with E-state index in [1.807, 2.05) is 48.2 Å². The molecule has 2 unspecified atom stereocenters. The van der Waals surface area contributed by atoms with Gasteiger partial charge in [0.15, 0.2) is 23.0 Å². The number of thioether (sulfide) groups is 1. The van der Waals surface area contributed by atoms with Gasteiger partial charge in [-0.2, -0.15) is 0 Å². The third-order valence-electron chi connectivity index (χ3n) is 4.65. The summed E-state index contributed by atoms with van der Waals surface area (Å²) in [4.78, 5) is 0. The molecule has 2 atom stereocenters. The van der Waals surface area contributed by atoms with Gasteiger partial charge in [-0.05, 0) is 48.2 Å². The molecule has 2 aromatic carbocycles. The Hall–Kier alpha value is -2.53. The van der Waals surface area contributed by atoms with Crippen LogP contribution in [0.1, 0.15) is 34.5 Å². The predicted octanol–water partition coefficient (Wildman–Crippen LogP) is 6.39. The van der Waals surface area contributed by atoms with Crippen LogP contribution in [0.3, 0.4) is 0 Å². The summed E-state index contributed by atoms with van der Waals surface area (Å²) < 4.78 is 21.7. The van der Waals surface area contributed by atoms with E-state index in [1.54, 1.807) is 28.4 Å². The molecule has 0 aliphatic heterocycles. The van der Waals surface area contributed by atoms with E-state index in [0.717, 1.165) is 35.8 Å². The number of allylic oxidation sites excluding steroid dienone is 2. The van der Waals surface area contributed by atoms with E-state index in [2.05, 4.69) is 25.3 Å². The molecule has 0 aromatic heterocycles. The van der Waals surface area contributed by atoms with Gasteiger partial charge in [0.1, 0.15) is 0 Å². The van der Waals surface area contributed by atoms with Crippen molar-refractivity contribution in [3.05, 3.63) is 72.8 Å². The summed E-state index contributed by atoms with van der Waals surface area (Å²) in [6.07, 6.45) is 5.57. The van der Waals surface area contributed by atoms with Crippen LogP contribution in [-0.2, 0) is 0 Å². The van der Waals surface area contributed by atoms with Crippen LogP contribution in [0, 0.1) is 0 Å². The van der Waals surface area contributed by atoms with Crippen LogP contribution >= 0.6 is 11.8 Å². The predicted molar refractivity (Wildman–Crippen MR) is 122 cm³/mol. The fourth-order valence-corrected chi connectivity index (χ4v) is 4.65. The molecule has 4 nitrogen and oxygen atoms in total. The number of ether oxygens (including phenoxy) is 4. The minimum Gasteiger partial charge on any atom is -0.493 e. The molecule has 0 aliphatic carbocycles. The van der Waals surface area contributed by atoms with Crippen molar-refractivity contribution in [3.8, 4) is 23.0 Å². The number of hydrogen-bond acceptors (Lipinski definition) is 5. The molecule has 0 saturated carbocycles. The largest absolute Gasteiger partial charge is 0.493 e. The molecule has 0 amide bonds. The van der Waals surface area contributed by atoms with Gasteiger partial charge < -0.3 is 18.9 Å². The number of rotatable bonds is 12. The summed E-state index contributed by atoms with van der Waals surface area (Å²) in [6.45, 7) is 7.90. The highest BCUT2D eigenvalue weighted by atomic mass is 32.2. The van der Waals surface area contributed by atoms with Gasteiger partial charge in [-0.15, -0.1) is 24.9 Å². The Labute approximate surface area is 178 Å². The Morgan fingerprint density at radius 1 is 0.690 bits per heavy atom. The second-order valence-electron chi connectivity index (χ2n) is 6.39.